The Morgan fingerprint density at radius 2 is 2.17 bits per heavy atom. The lowest BCUT2D eigenvalue weighted by Gasteiger charge is -2.06. The van der Waals surface area contributed by atoms with Crippen molar-refractivity contribution in [1.29, 1.82) is 0 Å². The number of nitrogens with zero attached hydrogens (tertiary/aromatic N) is 2. The van der Waals surface area contributed by atoms with Gasteiger partial charge >= 0.3 is 0 Å². The number of halogens is 1. The minimum Gasteiger partial charge on any atom is -0.504 e. The van der Waals surface area contributed by atoms with Crippen LogP contribution in [-0.4, -0.2) is 29.3 Å². The van der Waals surface area contributed by atoms with Gasteiger partial charge in [-0.25, -0.2) is 5.43 Å². The number of hydrazone groups is 1. The van der Waals surface area contributed by atoms with Gasteiger partial charge in [0.2, 0.25) is 0 Å². The summed E-state index contributed by atoms with van der Waals surface area (Å²) in [4.78, 5) is 22.1. The van der Waals surface area contributed by atoms with Crippen molar-refractivity contribution in [2.45, 2.75) is 0 Å². The van der Waals surface area contributed by atoms with Crippen molar-refractivity contribution in [3.05, 3.63) is 61.2 Å². The molecule has 124 valence electrons. The first-order valence-corrected chi connectivity index (χ1v) is 7.64. The van der Waals surface area contributed by atoms with Gasteiger partial charge in [0, 0.05) is 17.7 Å². The molecule has 0 radical (unpaired) electrons. The Kier molecular flexibility index (Phi) is 5.68. The minimum atomic E-state index is -0.579. The standard InChI is InChI=1S/C15H12IN3O5/c1-24-13-6-9(5-12(16)14(13)20)8-17-18-15(21)10-3-2-4-11(7-10)19(22)23/h2-8,20H,1H3,(H,18,21). The molecule has 0 saturated carbocycles. The summed E-state index contributed by atoms with van der Waals surface area (Å²) >= 11 is 1.94. The van der Waals surface area contributed by atoms with Crippen LogP contribution in [0, 0.1) is 13.7 Å². The maximum Gasteiger partial charge on any atom is 0.271 e. The number of carbonyl (C=O) groups excluding carboxylic acids is 1. The highest BCUT2D eigenvalue weighted by atomic mass is 127. The number of aromatic hydroxyl groups is 1. The molecule has 0 fully saturated rings. The molecule has 9 heteroatoms. The van der Waals surface area contributed by atoms with E-state index in [-0.39, 0.29) is 22.7 Å². The second-order valence-corrected chi connectivity index (χ2v) is 5.72. The summed E-state index contributed by atoms with van der Waals surface area (Å²) in [6.07, 6.45) is 1.37. The minimum absolute atomic E-state index is 0.0240. The van der Waals surface area contributed by atoms with Gasteiger partial charge in [0.25, 0.3) is 11.6 Å². The van der Waals surface area contributed by atoms with Crippen molar-refractivity contribution in [2.24, 2.45) is 5.10 Å². The number of hydrogen-bond donors (Lipinski definition) is 2. The maximum atomic E-state index is 11.9. The number of phenolic OH excluding ortho intramolecular Hbond substituents is 1. The lowest BCUT2D eigenvalue weighted by Crippen LogP contribution is -2.17. The van der Waals surface area contributed by atoms with Gasteiger partial charge in [0.05, 0.1) is 21.8 Å². The SMILES string of the molecule is COc1cc(C=NNC(=O)c2cccc([N+](=O)[O-])c2)cc(I)c1O. The normalized spacial score (nSPS) is 10.6. The van der Waals surface area contributed by atoms with Crippen LogP contribution < -0.4 is 10.2 Å². The molecular formula is C15H12IN3O5. The van der Waals surface area contributed by atoms with E-state index in [4.69, 9.17) is 4.74 Å². The summed E-state index contributed by atoms with van der Waals surface area (Å²) in [6.45, 7) is 0. The summed E-state index contributed by atoms with van der Waals surface area (Å²) in [5.74, 6) is -0.264. The Balaban J connectivity index is 2.11. The number of non-ortho nitro benzene ring substituents is 1. The molecule has 0 aliphatic rings. The highest BCUT2D eigenvalue weighted by Crippen LogP contribution is 2.31. The van der Waals surface area contributed by atoms with Crippen LogP contribution in [0.1, 0.15) is 15.9 Å². The first-order chi connectivity index (χ1) is 11.4. The number of amides is 1. The van der Waals surface area contributed by atoms with Crippen molar-refractivity contribution >= 4 is 40.4 Å². The molecule has 0 aliphatic carbocycles. The van der Waals surface area contributed by atoms with E-state index < -0.39 is 10.8 Å². The Morgan fingerprint density at radius 1 is 1.42 bits per heavy atom. The first kappa shape index (κ1) is 17.7. The van der Waals surface area contributed by atoms with Gasteiger partial charge in [0.15, 0.2) is 11.5 Å². The van der Waals surface area contributed by atoms with Gasteiger partial charge in [0.1, 0.15) is 0 Å². The van der Waals surface area contributed by atoms with E-state index in [2.05, 4.69) is 10.5 Å². The molecule has 2 aromatic rings. The summed E-state index contributed by atoms with van der Waals surface area (Å²) in [6, 6.07) is 8.54. The molecule has 8 nitrogen and oxygen atoms in total. The number of nitrogens with one attached hydrogen (secondary N) is 1. The Hall–Kier alpha value is -2.69. The van der Waals surface area contributed by atoms with Gasteiger partial charge in [-0.1, -0.05) is 6.07 Å². The lowest BCUT2D eigenvalue weighted by molar-refractivity contribution is -0.384. The van der Waals surface area contributed by atoms with E-state index in [0.717, 1.165) is 6.07 Å². The Morgan fingerprint density at radius 3 is 2.83 bits per heavy atom. The van der Waals surface area contributed by atoms with Crippen LogP contribution in [0.4, 0.5) is 5.69 Å². The van der Waals surface area contributed by atoms with Gasteiger partial charge < -0.3 is 9.84 Å². The molecule has 2 aromatic carbocycles. The van der Waals surface area contributed by atoms with Crippen LogP contribution in [0.3, 0.4) is 0 Å². The maximum absolute atomic E-state index is 11.9. The number of ether oxygens (including phenoxy) is 1. The summed E-state index contributed by atoms with van der Waals surface area (Å²) in [5.41, 5.74) is 2.84. The van der Waals surface area contributed by atoms with Crippen LogP contribution in [0.2, 0.25) is 0 Å². The quantitative estimate of drug-likeness (QED) is 0.321. The topological polar surface area (TPSA) is 114 Å². The fraction of sp³-hybridized carbons (Fsp3) is 0.0667. The Labute approximate surface area is 150 Å². The number of hydrogen-bond acceptors (Lipinski definition) is 6. The monoisotopic (exact) mass is 441 g/mol. The predicted molar refractivity (Wildman–Crippen MR) is 95.5 cm³/mol. The summed E-state index contributed by atoms with van der Waals surface area (Å²) in [7, 11) is 1.43. The number of carbonyl (C=O) groups is 1. The van der Waals surface area contributed by atoms with Gasteiger partial charge in [-0.3, -0.25) is 14.9 Å². The number of nitro groups is 1. The van der Waals surface area contributed by atoms with Crippen LogP contribution in [0.25, 0.3) is 0 Å². The number of benzene rings is 2. The molecule has 0 spiro atoms. The molecule has 24 heavy (non-hydrogen) atoms. The van der Waals surface area contributed by atoms with Crippen LogP contribution in [0.5, 0.6) is 11.5 Å². The molecule has 1 amide bonds. The average molecular weight is 441 g/mol. The summed E-state index contributed by atoms with van der Waals surface area (Å²) < 4.78 is 5.60. The summed E-state index contributed by atoms with van der Waals surface area (Å²) in [5, 5.41) is 24.3. The molecule has 2 N–H and O–H groups in total. The van der Waals surface area contributed by atoms with Crippen molar-refractivity contribution in [2.75, 3.05) is 7.11 Å². The number of methoxy groups -OCH3 is 1. The molecular weight excluding hydrogens is 429 g/mol. The van der Waals surface area contributed by atoms with Gasteiger partial charge in [-0.05, 0) is 46.4 Å². The second-order valence-electron chi connectivity index (χ2n) is 4.56. The van der Waals surface area contributed by atoms with Gasteiger partial charge in [-0.15, -0.1) is 0 Å². The smallest absolute Gasteiger partial charge is 0.271 e. The Bertz CT molecular complexity index is 823. The third-order valence-electron chi connectivity index (χ3n) is 2.97. The fourth-order valence-electron chi connectivity index (χ4n) is 1.81. The zero-order valence-corrected chi connectivity index (χ0v) is 14.6. The molecule has 0 aromatic heterocycles. The van der Waals surface area contributed by atoms with Crippen molar-refractivity contribution in [3.63, 3.8) is 0 Å². The number of rotatable bonds is 5. The van der Waals surface area contributed by atoms with Crippen molar-refractivity contribution in [3.8, 4) is 11.5 Å². The molecule has 0 bridgehead atoms. The molecule has 0 atom stereocenters. The number of phenols is 1. The van der Waals surface area contributed by atoms with Crippen molar-refractivity contribution in [1.82, 2.24) is 5.43 Å². The van der Waals surface area contributed by atoms with Crippen molar-refractivity contribution < 1.29 is 19.6 Å². The first-order valence-electron chi connectivity index (χ1n) is 6.56. The van der Waals surface area contributed by atoms with E-state index in [0.29, 0.717) is 9.13 Å². The second kappa shape index (κ2) is 7.73. The molecule has 0 aliphatic heterocycles. The van der Waals surface area contributed by atoms with E-state index in [9.17, 15) is 20.0 Å². The third-order valence-corrected chi connectivity index (χ3v) is 3.79. The molecule has 0 saturated heterocycles. The third kappa shape index (κ3) is 4.19. The highest BCUT2D eigenvalue weighted by molar-refractivity contribution is 14.1. The zero-order valence-electron chi connectivity index (χ0n) is 12.4. The van der Waals surface area contributed by atoms with Crippen LogP contribution in [-0.2, 0) is 0 Å². The van der Waals surface area contributed by atoms with E-state index in [1.54, 1.807) is 12.1 Å². The zero-order chi connectivity index (χ0) is 17.7. The van der Waals surface area contributed by atoms with Crippen LogP contribution >= 0.6 is 22.6 Å². The largest absolute Gasteiger partial charge is 0.504 e. The molecule has 0 unspecified atom stereocenters. The van der Waals surface area contributed by atoms with E-state index in [1.165, 1.54) is 31.5 Å². The average Bonchev–Trinajstić information content (AvgIpc) is 2.57. The fourth-order valence-corrected chi connectivity index (χ4v) is 2.44. The predicted octanol–water partition coefficient (Wildman–Crippen LogP) is 2.68. The highest BCUT2D eigenvalue weighted by Gasteiger charge is 2.11. The van der Waals surface area contributed by atoms with E-state index in [1.807, 2.05) is 22.6 Å². The van der Waals surface area contributed by atoms with E-state index >= 15 is 0 Å². The molecule has 2 rings (SSSR count). The van der Waals surface area contributed by atoms with Crippen LogP contribution in [0.15, 0.2) is 41.5 Å². The van der Waals surface area contributed by atoms with Gasteiger partial charge in [-0.2, -0.15) is 5.10 Å². The lowest BCUT2D eigenvalue weighted by atomic mass is 10.2. The number of nitro benzene ring substituents is 1. The molecule has 0 heterocycles.